The molecule has 4 nitrogen and oxygen atoms in total. The number of benzene rings is 2. The number of hydrogen-bond acceptors (Lipinski definition) is 3. The summed E-state index contributed by atoms with van der Waals surface area (Å²) in [4.78, 5) is 14.0. The Hall–Kier alpha value is -1.40. The molecule has 2 amide bonds. The average Bonchev–Trinajstić information content (AvgIpc) is 2.55. The Labute approximate surface area is 162 Å². The van der Waals surface area contributed by atoms with Crippen molar-refractivity contribution in [3.8, 4) is 0 Å². The molecule has 0 fully saturated rings. The molecule has 2 aromatic carbocycles. The third kappa shape index (κ3) is 4.23. The predicted molar refractivity (Wildman–Crippen MR) is 107 cm³/mol. The van der Waals surface area contributed by atoms with E-state index in [1.165, 1.54) is 11.9 Å². The maximum atomic E-state index is 11.8. The molecule has 132 valence electrons. The molecule has 0 aromatic heterocycles. The molecule has 1 atom stereocenters. The molecule has 1 heterocycles. The number of likely N-dealkylation sites (N-methyl/N-ethyl adjacent to an activating group) is 1. The topological polar surface area (TPSA) is 44.4 Å². The first-order chi connectivity index (χ1) is 12.0. The normalized spacial score (nSPS) is 17.0. The van der Waals surface area contributed by atoms with Crippen LogP contribution in [0.25, 0.3) is 0 Å². The Morgan fingerprint density at radius 1 is 1.28 bits per heavy atom. The Balaban J connectivity index is 1.96. The molecule has 2 N–H and O–H groups in total. The molecular formula is C18H19Cl2N3OS. The fourth-order valence-electron chi connectivity index (χ4n) is 3.21. The minimum Gasteiger partial charge on any atom is -0.307 e. The van der Waals surface area contributed by atoms with Crippen LogP contribution in [0.2, 0.25) is 10.0 Å². The van der Waals surface area contributed by atoms with Crippen LogP contribution in [0.5, 0.6) is 0 Å². The summed E-state index contributed by atoms with van der Waals surface area (Å²) in [5.41, 5.74) is 4.14. The largest absolute Gasteiger partial charge is 0.329 e. The summed E-state index contributed by atoms with van der Waals surface area (Å²) >= 11 is 13.9. The highest BCUT2D eigenvalue weighted by Crippen LogP contribution is 2.38. The van der Waals surface area contributed by atoms with Crippen LogP contribution in [0, 0.1) is 0 Å². The number of rotatable bonds is 3. The van der Waals surface area contributed by atoms with Crippen molar-refractivity contribution in [1.82, 2.24) is 9.62 Å². The van der Waals surface area contributed by atoms with Gasteiger partial charge in [-0.25, -0.2) is 4.79 Å². The first-order valence-electron chi connectivity index (χ1n) is 7.84. The molecule has 0 saturated heterocycles. The highest BCUT2D eigenvalue weighted by molar-refractivity contribution is 7.97. The summed E-state index contributed by atoms with van der Waals surface area (Å²) in [6.45, 7) is 1.67. The lowest BCUT2D eigenvalue weighted by atomic mass is 9.84. The van der Waals surface area contributed by atoms with E-state index in [1.807, 2.05) is 24.3 Å². The quantitative estimate of drug-likeness (QED) is 0.720. The molecule has 1 unspecified atom stereocenters. The van der Waals surface area contributed by atoms with Crippen LogP contribution in [-0.4, -0.2) is 30.8 Å². The van der Waals surface area contributed by atoms with Crippen molar-refractivity contribution >= 4 is 46.9 Å². The molecule has 0 spiro atoms. The van der Waals surface area contributed by atoms with Crippen LogP contribution in [0.3, 0.4) is 0 Å². The molecule has 0 radical (unpaired) electrons. The van der Waals surface area contributed by atoms with E-state index >= 15 is 0 Å². The van der Waals surface area contributed by atoms with E-state index in [4.69, 9.17) is 23.2 Å². The number of nitrogens with zero attached hydrogens (tertiary/aromatic N) is 1. The van der Waals surface area contributed by atoms with Crippen LogP contribution >= 0.6 is 35.1 Å². The van der Waals surface area contributed by atoms with E-state index < -0.39 is 0 Å². The van der Waals surface area contributed by atoms with Gasteiger partial charge < -0.3 is 10.2 Å². The molecule has 1 aliphatic heterocycles. The molecule has 0 bridgehead atoms. The zero-order chi connectivity index (χ0) is 18.0. The van der Waals surface area contributed by atoms with Gasteiger partial charge in [-0.1, -0.05) is 47.3 Å². The Bertz CT molecular complexity index is 800. The lowest BCUT2D eigenvalue weighted by Crippen LogP contribution is -2.31. The number of anilines is 1. The van der Waals surface area contributed by atoms with Gasteiger partial charge in [0, 0.05) is 41.0 Å². The standard InChI is InChI=1S/C18H19Cl2N3OS/c1-23-9-15(14-7-12(19)8-17(20)16(14)10-23)11-4-3-5-13(6-11)21-18(24)22-25-2/h3-8,15H,9-10H2,1-2H3,(H2,21,22,24). The van der Waals surface area contributed by atoms with E-state index in [0.717, 1.165) is 35.5 Å². The summed E-state index contributed by atoms with van der Waals surface area (Å²) in [6, 6.07) is 11.5. The predicted octanol–water partition coefficient (Wildman–Crippen LogP) is 4.97. The number of amides is 2. The fourth-order valence-corrected chi connectivity index (χ4v) is 4.02. The van der Waals surface area contributed by atoms with Crippen LogP contribution in [-0.2, 0) is 6.54 Å². The van der Waals surface area contributed by atoms with Crippen molar-refractivity contribution in [2.24, 2.45) is 0 Å². The second-order valence-electron chi connectivity index (χ2n) is 6.09. The third-order valence-electron chi connectivity index (χ3n) is 4.23. The van der Waals surface area contributed by atoms with Crippen molar-refractivity contribution < 1.29 is 4.79 Å². The van der Waals surface area contributed by atoms with Gasteiger partial charge in [-0.3, -0.25) is 4.72 Å². The molecule has 0 saturated carbocycles. The van der Waals surface area contributed by atoms with Crippen molar-refractivity contribution in [2.75, 3.05) is 25.2 Å². The molecule has 25 heavy (non-hydrogen) atoms. The van der Waals surface area contributed by atoms with Crippen LogP contribution in [0.4, 0.5) is 10.5 Å². The zero-order valence-corrected chi connectivity index (χ0v) is 16.3. The highest BCUT2D eigenvalue weighted by atomic mass is 35.5. The van der Waals surface area contributed by atoms with E-state index in [9.17, 15) is 4.79 Å². The van der Waals surface area contributed by atoms with Crippen LogP contribution in [0.15, 0.2) is 36.4 Å². The lowest BCUT2D eigenvalue weighted by Gasteiger charge is -2.33. The summed E-state index contributed by atoms with van der Waals surface area (Å²) in [5, 5.41) is 4.19. The second kappa shape index (κ2) is 7.87. The lowest BCUT2D eigenvalue weighted by molar-refractivity contribution is 0.257. The van der Waals surface area contributed by atoms with Gasteiger partial charge in [-0.05, 0) is 48.0 Å². The van der Waals surface area contributed by atoms with Gasteiger partial charge in [0.15, 0.2) is 0 Å². The van der Waals surface area contributed by atoms with Gasteiger partial charge >= 0.3 is 6.03 Å². The van der Waals surface area contributed by atoms with Gasteiger partial charge in [-0.15, -0.1) is 0 Å². The monoisotopic (exact) mass is 395 g/mol. The second-order valence-corrected chi connectivity index (χ2v) is 7.55. The highest BCUT2D eigenvalue weighted by Gasteiger charge is 2.27. The fraction of sp³-hybridized carbons (Fsp3) is 0.278. The van der Waals surface area contributed by atoms with Gasteiger partial charge in [0.2, 0.25) is 0 Å². The number of urea groups is 1. The Morgan fingerprint density at radius 3 is 2.84 bits per heavy atom. The zero-order valence-electron chi connectivity index (χ0n) is 14.0. The smallest absolute Gasteiger partial charge is 0.307 e. The van der Waals surface area contributed by atoms with Gasteiger partial charge in [0.25, 0.3) is 0 Å². The summed E-state index contributed by atoms with van der Waals surface area (Å²) in [6.07, 6.45) is 1.80. The minimum absolute atomic E-state index is 0.148. The SMILES string of the molecule is CSNC(=O)Nc1cccc(C2CN(C)Cc3c(Cl)cc(Cl)cc32)c1. The summed E-state index contributed by atoms with van der Waals surface area (Å²) in [7, 11) is 2.08. The number of hydrogen-bond donors (Lipinski definition) is 2. The molecule has 0 aliphatic carbocycles. The van der Waals surface area contributed by atoms with E-state index in [-0.39, 0.29) is 11.9 Å². The van der Waals surface area contributed by atoms with Crippen molar-refractivity contribution in [3.05, 3.63) is 63.1 Å². The molecular weight excluding hydrogens is 377 g/mol. The van der Waals surface area contributed by atoms with Crippen molar-refractivity contribution in [1.29, 1.82) is 0 Å². The maximum Gasteiger partial charge on any atom is 0.329 e. The number of carbonyl (C=O) groups is 1. The maximum absolute atomic E-state index is 11.8. The first kappa shape index (κ1) is 18.4. The number of nitrogens with one attached hydrogen (secondary N) is 2. The molecule has 1 aliphatic rings. The van der Waals surface area contributed by atoms with Crippen molar-refractivity contribution in [2.45, 2.75) is 12.5 Å². The number of halogens is 2. The molecule has 7 heteroatoms. The number of fused-ring (bicyclic) bond motifs is 1. The summed E-state index contributed by atoms with van der Waals surface area (Å²) < 4.78 is 2.65. The number of carbonyl (C=O) groups excluding carboxylic acids is 1. The van der Waals surface area contributed by atoms with Crippen molar-refractivity contribution in [3.63, 3.8) is 0 Å². The minimum atomic E-state index is -0.239. The third-order valence-corrected chi connectivity index (χ3v) is 5.18. The van der Waals surface area contributed by atoms with Gasteiger partial charge in [0.1, 0.15) is 0 Å². The average molecular weight is 396 g/mol. The van der Waals surface area contributed by atoms with E-state index in [2.05, 4.69) is 28.1 Å². The van der Waals surface area contributed by atoms with E-state index in [1.54, 1.807) is 12.3 Å². The van der Waals surface area contributed by atoms with Gasteiger partial charge in [0.05, 0.1) is 0 Å². The first-order valence-corrected chi connectivity index (χ1v) is 9.82. The Morgan fingerprint density at radius 2 is 2.08 bits per heavy atom. The molecule has 3 rings (SSSR count). The van der Waals surface area contributed by atoms with Crippen LogP contribution < -0.4 is 10.0 Å². The van der Waals surface area contributed by atoms with E-state index in [0.29, 0.717) is 10.0 Å². The molecule has 2 aromatic rings. The van der Waals surface area contributed by atoms with Crippen LogP contribution in [0.1, 0.15) is 22.6 Å². The summed E-state index contributed by atoms with van der Waals surface area (Å²) in [5.74, 6) is 0.148. The van der Waals surface area contributed by atoms with Gasteiger partial charge in [-0.2, -0.15) is 0 Å². The Kier molecular flexibility index (Phi) is 5.79.